The quantitative estimate of drug-likeness (QED) is 0.623. The van der Waals surface area contributed by atoms with Crippen molar-refractivity contribution in [3.8, 4) is 0 Å². The lowest BCUT2D eigenvalue weighted by Crippen LogP contribution is -2.34. The Balaban J connectivity index is 1.93. The van der Waals surface area contributed by atoms with E-state index < -0.39 is 0 Å². The minimum atomic E-state index is 0.279. The fraction of sp³-hybridized carbons (Fsp3) is 0.875. The van der Waals surface area contributed by atoms with Gasteiger partial charge in [0, 0.05) is 25.3 Å². The van der Waals surface area contributed by atoms with Crippen molar-refractivity contribution < 1.29 is 9.59 Å². The summed E-state index contributed by atoms with van der Waals surface area (Å²) >= 11 is 0. The zero-order chi connectivity index (χ0) is 14.8. The predicted octanol–water partition coefficient (Wildman–Crippen LogP) is 2.03. The number of Topliss-reactive ketones (excluding diaryl/α,β-unsaturated/α-hetero) is 2. The Labute approximate surface area is 123 Å². The molecule has 0 aromatic carbocycles. The number of nitrogens with zero attached hydrogens (tertiary/aromatic N) is 1. The van der Waals surface area contributed by atoms with Crippen molar-refractivity contribution in [3.05, 3.63) is 0 Å². The molecule has 0 unspecified atom stereocenters. The van der Waals surface area contributed by atoms with Gasteiger partial charge in [0.15, 0.2) is 0 Å². The number of rotatable bonds is 10. The second-order valence-corrected chi connectivity index (χ2v) is 6.06. The maximum absolute atomic E-state index is 12.0. The Morgan fingerprint density at radius 2 is 1.75 bits per heavy atom. The Bertz CT molecular complexity index is 297. The maximum Gasteiger partial charge on any atom is 0.137 e. The Kier molecular flexibility index (Phi) is 8.70. The SMILES string of the molecule is CC(=O)CCCCCNCCC(=O)C1CCN(C)CC1. The molecule has 1 N–H and O–H groups in total. The van der Waals surface area contributed by atoms with Crippen LogP contribution in [0.15, 0.2) is 0 Å². The summed E-state index contributed by atoms with van der Waals surface area (Å²) in [6, 6.07) is 0. The van der Waals surface area contributed by atoms with Crippen LogP contribution in [0.5, 0.6) is 0 Å². The van der Waals surface area contributed by atoms with Crippen LogP contribution in [0, 0.1) is 5.92 Å². The molecule has 1 saturated heterocycles. The van der Waals surface area contributed by atoms with E-state index in [1.165, 1.54) is 0 Å². The third-order valence-electron chi connectivity index (χ3n) is 4.10. The molecule has 1 fully saturated rings. The van der Waals surface area contributed by atoms with E-state index in [0.29, 0.717) is 24.5 Å². The van der Waals surface area contributed by atoms with Gasteiger partial charge in [0.1, 0.15) is 11.6 Å². The average molecular weight is 282 g/mol. The van der Waals surface area contributed by atoms with Crippen LogP contribution in [-0.4, -0.2) is 49.7 Å². The van der Waals surface area contributed by atoms with Crippen LogP contribution < -0.4 is 5.32 Å². The van der Waals surface area contributed by atoms with Crippen LogP contribution in [-0.2, 0) is 9.59 Å². The van der Waals surface area contributed by atoms with Gasteiger partial charge in [0.05, 0.1) is 0 Å². The van der Waals surface area contributed by atoms with Crippen LogP contribution in [0.25, 0.3) is 0 Å². The molecule has 0 spiro atoms. The van der Waals surface area contributed by atoms with Gasteiger partial charge in [-0.3, -0.25) is 4.79 Å². The summed E-state index contributed by atoms with van der Waals surface area (Å²) < 4.78 is 0. The number of ketones is 2. The molecule has 1 heterocycles. The molecule has 4 nitrogen and oxygen atoms in total. The Morgan fingerprint density at radius 3 is 2.40 bits per heavy atom. The lowest BCUT2D eigenvalue weighted by Gasteiger charge is -2.28. The van der Waals surface area contributed by atoms with E-state index in [1.807, 2.05) is 0 Å². The summed E-state index contributed by atoms with van der Waals surface area (Å²) in [5.41, 5.74) is 0. The topological polar surface area (TPSA) is 49.4 Å². The zero-order valence-electron chi connectivity index (χ0n) is 13.1. The van der Waals surface area contributed by atoms with Gasteiger partial charge < -0.3 is 15.0 Å². The molecule has 4 heteroatoms. The molecule has 0 aromatic rings. The van der Waals surface area contributed by atoms with Gasteiger partial charge in [-0.05, 0) is 59.3 Å². The van der Waals surface area contributed by atoms with E-state index in [2.05, 4.69) is 17.3 Å². The first-order chi connectivity index (χ1) is 9.59. The number of hydrogen-bond donors (Lipinski definition) is 1. The number of nitrogens with one attached hydrogen (secondary N) is 1. The monoisotopic (exact) mass is 282 g/mol. The lowest BCUT2D eigenvalue weighted by atomic mass is 9.91. The third-order valence-corrected chi connectivity index (χ3v) is 4.10. The van der Waals surface area contributed by atoms with Gasteiger partial charge >= 0.3 is 0 Å². The molecular weight excluding hydrogens is 252 g/mol. The molecule has 0 aliphatic carbocycles. The second-order valence-electron chi connectivity index (χ2n) is 6.06. The number of carbonyl (C=O) groups is 2. The number of hydrogen-bond acceptors (Lipinski definition) is 4. The third kappa shape index (κ3) is 7.75. The Morgan fingerprint density at radius 1 is 1.05 bits per heavy atom. The largest absolute Gasteiger partial charge is 0.316 e. The van der Waals surface area contributed by atoms with E-state index in [9.17, 15) is 9.59 Å². The van der Waals surface area contributed by atoms with E-state index in [0.717, 1.165) is 58.3 Å². The highest BCUT2D eigenvalue weighted by Gasteiger charge is 2.22. The summed E-state index contributed by atoms with van der Waals surface area (Å²) in [5.74, 6) is 1.01. The highest BCUT2D eigenvalue weighted by Crippen LogP contribution is 2.17. The van der Waals surface area contributed by atoms with Crippen molar-refractivity contribution in [1.29, 1.82) is 0 Å². The summed E-state index contributed by atoms with van der Waals surface area (Å²) in [5, 5.41) is 3.34. The molecule has 1 aliphatic heterocycles. The van der Waals surface area contributed by atoms with Crippen molar-refractivity contribution in [2.75, 3.05) is 33.2 Å². The zero-order valence-corrected chi connectivity index (χ0v) is 13.1. The minimum absolute atomic E-state index is 0.279. The molecule has 116 valence electrons. The molecule has 0 radical (unpaired) electrons. The average Bonchev–Trinajstić information content (AvgIpc) is 2.42. The molecule has 0 atom stereocenters. The van der Waals surface area contributed by atoms with Gasteiger partial charge in [-0.2, -0.15) is 0 Å². The number of piperidine rings is 1. The van der Waals surface area contributed by atoms with Crippen molar-refractivity contribution >= 4 is 11.6 Å². The lowest BCUT2D eigenvalue weighted by molar-refractivity contribution is -0.124. The number of likely N-dealkylation sites (tertiary alicyclic amines) is 1. The van der Waals surface area contributed by atoms with Gasteiger partial charge in [0.2, 0.25) is 0 Å². The molecule has 0 bridgehead atoms. The van der Waals surface area contributed by atoms with E-state index >= 15 is 0 Å². The minimum Gasteiger partial charge on any atom is -0.316 e. The second kappa shape index (κ2) is 10.1. The molecule has 0 saturated carbocycles. The van der Waals surface area contributed by atoms with Crippen molar-refractivity contribution in [2.45, 2.75) is 51.9 Å². The smallest absolute Gasteiger partial charge is 0.137 e. The number of carbonyl (C=O) groups excluding carboxylic acids is 2. The predicted molar refractivity (Wildman–Crippen MR) is 81.9 cm³/mol. The van der Waals surface area contributed by atoms with Gasteiger partial charge in [-0.1, -0.05) is 6.42 Å². The molecule has 1 aliphatic rings. The summed E-state index contributed by atoms with van der Waals surface area (Å²) in [4.78, 5) is 25.1. The molecular formula is C16H30N2O2. The normalized spacial score (nSPS) is 17.3. The molecule has 0 amide bonds. The first-order valence-electron chi connectivity index (χ1n) is 8.01. The van der Waals surface area contributed by atoms with E-state index in [1.54, 1.807) is 6.92 Å². The van der Waals surface area contributed by atoms with Crippen molar-refractivity contribution in [2.24, 2.45) is 5.92 Å². The summed E-state index contributed by atoms with van der Waals surface area (Å²) in [6.45, 7) is 5.52. The summed E-state index contributed by atoms with van der Waals surface area (Å²) in [6.07, 6.45) is 6.61. The molecule has 1 rings (SSSR count). The first kappa shape index (κ1) is 17.3. The van der Waals surface area contributed by atoms with Crippen LogP contribution >= 0.6 is 0 Å². The fourth-order valence-electron chi connectivity index (χ4n) is 2.67. The maximum atomic E-state index is 12.0. The van der Waals surface area contributed by atoms with Crippen molar-refractivity contribution in [3.63, 3.8) is 0 Å². The highest BCUT2D eigenvalue weighted by molar-refractivity contribution is 5.81. The van der Waals surface area contributed by atoms with Crippen LogP contribution in [0.2, 0.25) is 0 Å². The Hall–Kier alpha value is -0.740. The highest BCUT2D eigenvalue weighted by atomic mass is 16.1. The van der Waals surface area contributed by atoms with E-state index in [4.69, 9.17) is 0 Å². The molecule has 0 aromatic heterocycles. The van der Waals surface area contributed by atoms with Crippen LogP contribution in [0.4, 0.5) is 0 Å². The van der Waals surface area contributed by atoms with Gasteiger partial charge in [-0.25, -0.2) is 0 Å². The van der Waals surface area contributed by atoms with Gasteiger partial charge in [-0.15, -0.1) is 0 Å². The standard InChI is InChI=1S/C16H30N2O2/c1-14(19)6-4-3-5-10-17-11-7-16(20)15-8-12-18(2)13-9-15/h15,17H,3-13H2,1-2H3. The number of unbranched alkanes of at least 4 members (excludes halogenated alkanes) is 2. The van der Waals surface area contributed by atoms with Crippen LogP contribution in [0.3, 0.4) is 0 Å². The van der Waals surface area contributed by atoms with E-state index in [-0.39, 0.29) is 5.78 Å². The van der Waals surface area contributed by atoms with Crippen LogP contribution in [0.1, 0.15) is 51.9 Å². The van der Waals surface area contributed by atoms with Crippen molar-refractivity contribution in [1.82, 2.24) is 10.2 Å². The fourth-order valence-corrected chi connectivity index (χ4v) is 2.67. The molecule has 20 heavy (non-hydrogen) atoms. The summed E-state index contributed by atoms with van der Waals surface area (Å²) in [7, 11) is 2.12. The van der Waals surface area contributed by atoms with Gasteiger partial charge in [0.25, 0.3) is 0 Å². The first-order valence-corrected chi connectivity index (χ1v) is 8.01.